The van der Waals surface area contributed by atoms with Gasteiger partial charge in [-0.1, -0.05) is 0 Å². The number of hydrogen-bond acceptors (Lipinski definition) is 3. The van der Waals surface area contributed by atoms with E-state index in [9.17, 15) is 9.18 Å². The highest BCUT2D eigenvalue weighted by molar-refractivity contribution is 6.10. The zero-order chi connectivity index (χ0) is 13.3. The minimum atomic E-state index is -0.335. The van der Waals surface area contributed by atoms with Gasteiger partial charge in [0.25, 0.3) is 0 Å². The average Bonchev–Trinajstić information content (AvgIpc) is 2.30. The predicted octanol–water partition coefficient (Wildman–Crippen LogP) is 2.53. The molecule has 0 atom stereocenters. The molecule has 0 spiro atoms. The minimum Gasteiger partial charge on any atom is -0.399 e. The highest BCUT2D eigenvalue weighted by atomic mass is 19.1. The van der Waals surface area contributed by atoms with Crippen molar-refractivity contribution >= 4 is 17.2 Å². The van der Waals surface area contributed by atoms with Gasteiger partial charge < -0.3 is 11.5 Å². The highest BCUT2D eigenvalue weighted by Gasteiger charge is 2.11. The summed E-state index contributed by atoms with van der Waals surface area (Å²) < 4.78 is 13.1. The largest absolute Gasteiger partial charge is 0.399 e. The lowest BCUT2D eigenvalue weighted by molar-refractivity contribution is 0.103. The Morgan fingerprint density at radius 1 is 1.00 bits per heavy atom. The van der Waals surface area contributed by atoms with Crippen LogP contribution < -0.4 is 11.5 Å². The molecule has 4 heteroatoms. The number of ketones is 1. The van der Waals surface area contributed by atoms with Crippen LogP contribution in [0.15, 0.2) is 36.4 Å². The van der Waals surface area contributed by atoms with Crippen LogP contribution in [0.2, 0.25) is 0 Å². The zero-order valence-corrected chi connectivity index (χ0v) is 9.91. The number of nitrogens with two attached hydrogens (primary N) is 2. The first kappa shape index (κ1) is 12.1. The van der Waals surface area contributed by atoms with E-state index in [1.165, 1.54) is 18.2 Å². The number of hydrogen-bond donors (Lipinski definition) is 2. The molecule has 0 aliphatic heterocycles. The Labute approximate surface area is 104 Å². The third kappa shape index (κ3) is 2.32. The average molecular weight is 244 g/mol. The predicted molar refractivity (Wildman–Crippen MR) is 69.8 cm³/mol. The van der Waals surface area contributed by atoms with Crippen LogP contribution in [0.25, 0.3) is 0 Å². The number of aryl methyl sites for hydroxylation is 1. The van der Waals surface area contributed by atoms with Crippen molar-refractivity contribution in [1.29, 1.82) is 0 Å². The lowest BCUT2D eigenvalue weighted by Gasteiger charge is -2.05. The van der Waals surface area contributed by atoms with Crippen molar-refractivity contribution in [2.24, 2.45) is 0 Å². The number of nitrogen functional groups attached to an aromatic ring is 2. The summed E-state index contributed by atoms with van der Waals surface area (Å²) in [5, 5.41) is 0. The van der Waals surface area contributed by atoms with Crippen molar-refractivity contribution < 1.29 is 9.18 Å². The van der Waals surface area contributed by atoms with Crippen molar-refractivity contribution in [3.8, 4) is 0 Å². The monoisotopic (exact) mass is 244 g/mol. The van der Waals surface area contributed by atoms with Crippen LogP contribution in [0.5, 0.6) is 0 Å². The van der Waals surface area contributed by atoms with Crippen LogP contribution in [-0.2, 0) is 0 Å². The lowest BCUT2D eigenvalue weighted by Crippen LogP contribution is -2.04. The fraction of sp³-hybridized carbons (Fsp3) is 0.0714. The van der Waals surface area contributed by atoms with Gasteiger partial charge >= 0.3 is 0 Å². The normalized spacial score (nSPS) is 10.3. The summed E-state index contributed by atoms with van der Waals surface area (Å²) in [7, 11) is 0. The third-order valence-corrected chi connectivity index (χ3v) is 2.66. The fourth-order valence-corrected chi connectivity index (χ4v) is 1.76. The molecule has 92 valence electrons. The molecule has 2 aromatic rings. The van der Waals surface area contributed by atoms with Crippen molar-refractivity contribution in [2.45, 2.75) is 6.92 Å². The highest BCUT2D eigenvalue weighted by Crippen LogP contribution is 2.18. The van der Waals surface area contributed by atoms with E-state index in [0.29, 0.717) is 28.1 Å². The minimum absolute atomic E-state index is 0.225. The zero-order valence-electron chi connectivity index (χ0n) is 9.91. The van der Waals surface area contributed by atoms with Gasteiger partial charge in [0.1, 0.15) is 5.82 Å². The SMILES string of the molecule is Cc1cc(C(=O)c2cc(N)cc(N)c2)ccc1F. The van der Waals surface area contributed by atoms with Crippen LogP contribution in [0, 0.1) is 12.7 Å². The van der Waals surface area contributed by atoms with Gasteiger partial charge in [0.05, 0.1) is 0 Å². The molecule has 18 heavy (non-hydrogen) atoms. The van der Waals surface area contributed by atoms with Gasteiger partial charge in [-0.15, -0.1) is 0 Å². The van der Waals surface area contributed by atoms with Crippen LogP contribution in [0.1, 0.15) is 21.5 Å². The number of carbonyl (C=O) groups is 1. The van der Waals surface area contributed by atoms with Crippen LogP contribution in [-0.4, -0.2) is 5.78 Å². The van der Waals surface area contributed by atoms with Gasteiger partial charge in [-0.25, -0.2) is 4.39 Å². The van der Waals surface area contributed by atoms with Gasteiger partial charge in [0.15, 0.2) is 5.78 Å². The van der Waals surface area contributed by atoms with Crippen molar-refractivity contribution in [3.05, 3.63) is 58.9 Å². The quantitative estimate of drug-likeness (QED) is 0.630. The maximum atomic E-state index is 13.1. The molecule has 0 fully saturated rings. The van der Waals surface area contributed by atoms with Crippen LogP contribution >= 0.6 is 0 Å². The smallest absolute Gasteiger partial charge is 0.193 e. The van der Waals surface area contributed by atoms with E-state index in [2.05, 4.69) is 0 Å². The molecule has 0 saturated heterocycles. The Morgan fingerprint density at radius 3 is 2.17 bits per heavy atom. The first-order valence-corrected chi connectivity index (χ1v) is 5.44. The molecule has 0 unspecified atom stereocenters. The number of anilines is 2. The third-order valence-electron chi connectivity index (χ3n) is 2.66. The topological polar surface area (TPSA) is 69.1 Å². The fourth-order valence-electron chi connectivity index (χ4n) is 1.76. The molecule has 2 aromatic carbocycles. The molecular weight excluding hydrogens is 231 g/mol. The van der Waals surface area contributed by atoms with Crippen molar-refractivity contribution in [1.82, 2.24) is 0 Å². The Kier molecular flexibility index (Phi) is 3.02. The van der Waals surface area contributed by atoms with Gasteiger partial charge in [-0.05, 0) is 48.9 Å². The van der Waals surface area contributed by atoms with Crippen molar-refractivity contribution in [3.63, 3.8) is 0 Å². The van der Waals surface area contributed by atoms with Crippen LogP contribution in [0.3, 0.4) is 0 Å². The van der Waals surface area contributed by atoms with E-state index in [0.717, 1.165) is 0 Å². The molecule has 4 N–H and O–H groups in total. The molecule has 0 radical (unpaired) electrons. The first-order valence-electron chi connectivity index (χ1n) is 5.44. The molecule has 0 aliphatic carbocycles. The maximum Gasteiger partial charge on any atom is 0.193 e. The molecule has 0 heterocycles. The summed E-state index contributed by atoms with van der Waals surface area (Å²) in [5.41, 5.74) is 13.4. The summed E-state index contributed by atoms with van der Waals surface area (Å²) in [6.45, 7) is 1.61. The van der Waals surface area contributed by atoms with Gasteiger partial charge in [-0.3, -0.25) is 4.79 Å². The number of carbonyl (C=O) groups excluding carboxylic acids is 1. The van der Waals surface area contributed by atoms with Gasteiger partial charge in [0.2, 0.25) is 0 Å². The Bertz CT molecular complexity index is 603. The molecular formula is C14H13FN2O. The van der Waals surface area contributed by atoms with Gasteiger partial charge in [-0.2, -0.15) is 0 Å². The molecule has 0 aromatic heterocycles. The van der Waals surface area contributed by atoms with E-state index in [4.69, 9.17) is 11.5 Å². The number of rotatable bonds is 2. The molecule has 0 aliphatic rings. The Balaban J connectivity index is 2.44. The standard InChI is InChI=1S/C14H13FN2O/c1-8-4-9(2-3-13(8)15)14(18)10-5-11(16)7-12(17)6-10/h2-7H,16-17H2,1H3. The molecule has 0 saturated carbocycles. The summed E-state index contributed by atoms with van der Waals surface area (Å²) in [5.74, 6) is -0.560. The second-order valence-corrected chi connectivity index (χ2v) is 4.18. The second-order valence-electron chi connectivity index (χ2n) is 4.18. The first-order chi connectivity index (χ1) is 8.47. The lowest BCUT2D eigenvalue weighted by atomic mass is 10.0. The summed E-state index contributed by atoms with van der Waals surface area (Å²) in [6, 6.07) is 8.92. The van der Waals surface area contributed by atoms with Crippen LogP contribution in [0.4, 0.5) is 15.8 Å². The Hall–Kier alpha value is -2.36. The molecule has 2 rings (SSSR count). The Morgan fingerprint density at radius 2 is 1.61 bits per heavy atom. The van der Waals surface area contributed by atoms with Gasteiger partial charge in [0, 0.05) is 22.5 Å². The molecule has 0 amide bonds. The molecule has 3 nitrogen and oxygen atoms in total. The molecule has 0 bridgehead atoms. The summed E-state index contributed by atoms with van der Waals surface area (Å²) in [4.78, 5) is 12.2. The number of benzene rings is 2. The van der Waals surface area contributed by atoms with E-state index < -0.39 is 0 Å². The maximum absolute atomic E-state index is 13.1. The van der Waals surface area contributed by atoms with E-state index >= 15 is 0 Å². The summed E-state index contributed by atoms with van der Waals surface area (Å²) >= 11 is 0. The summed E-state index contributed by atoms with van der Waals surface area (Å²) in [6.07, 6.45) is 0. The van der Waals surface area contributed by atoms with Crippen molar-refractivity contribution in [2.75, 3.05) is 11.5 Å². The number of halogens is 1. The van der Waals surface area contributed by atoms with E-state index in [1.54, 1.807) is 25.1 Å². The van der Waals surface area contributed by atoms with E-state index in [1.807, 2.05) is 0 Å². The second kappa shape index (κ2) is 4.49. The van der Waals surface area contributed by atoms with E-state index in [-0.39, 0.29) is 11.6 Å².